The molecule has 0 atom stereocenters. The zero-order valence-corrected chi connectivity index (χ0v) is 13.1. The Labute approximate surface area is 127 Å². The molecule has 1 heterocycles. The second-order valence-electron chi connectivity index (χ2n) is 4.97. The number of aromatic nitrogens is 2. The van der Waals surface area contributed by atoms with E-state index >= 15 is 0 Å². The molecule has 6 heteroatoms. The second-order valence-corrected chi connectivity index (χ2v) is 7.37. The molecule has 1 aromatic heterocycles. The number of aryl methyl sites for hydroxylation is 1. The molecular formula is C15H13ClN2O2S. The van der Waals surface area contributed by atoms with Crippen LogP contribution in [0.4, 0.5) is 0 Å². The first-order valence-electron chi connectivity index (χ1n) is 6.31. The van der Waals surface area contributed by atoms with Gasteiger partial charge in [-0.15, -0.1) is 0 Å². The molecule has 3 rings (SSSR count). The molecule has 4 nitrogen and oxygen atoms in total. The predicted molar refractivity (Wildman–Crippen MR) is 84.4 cm³/mol. The molecule has 0 aliphatic carbocycles. The number of sulfone groups is 1. The van der Waals surface area contributed by atoms with Crippen LogP contribution in [0.3, 0.4) is 0 Å². The van der Waals surface area contributed by atoms with Gasteiger partial charge in [0, 0.05) is 16.8 Å². The van der Waals surface area contributed by atoms with Gasteiger partial charge >= 0.3 is 0 Å². The van der Waals surface area contributed by atoms with Crippen molar-refractivity contribution in [3.63, 3.8) is 0 Å². The maximum atomic E-state index is 11.8. The normalized spacial score (nSPS) is 12.0. The summed E-state index contributed by atoms with van der Waals surface area (Å²) in [5, 5.41) is 0.649. The molecule has 108 valence electrons. The van der Waals surface area contributed by atoms with Crippen molar-refractivity contribution < 1.29 is 8.42 Å². The van der Waals surface area contributed by atoms with E-state index in [0.717, 1.165) is 11.1 Å². The first kappa shape index (κ1) is 14.1. The van der Waals surface area contributed by atoms with Gasteiger partial charge in [-0.3, -0.25) is 0 Å². The van der Waals surface area contributed by atoms with Crippen molar-refractivity contribution in [3.8, 4) is 11.4 Å². The summed E-state index contributed by atoms with van der Waals surface area (Å²) in [7, 11) is -3.32. The van der Waals surface area contributed by atoms with Crippen LogP contribution in [0.5, 0.6) is 0 Å². The lowest BCUT2D eigenvalue weighted by molar-refractivity contribution is 0.602. The van der Waals surface area contributed by atoms with Crippen LogP contribution in [0.1, 0.15) is 5.56 Å². The molecule has 0 fully saturated rings. The van der Waals surface area contributed by atoms with Gasteiger partial charge in [-0.2, -0.15) is 0 Å². The number of aromatic amines is 1. The number of halogens is 1. The fourth-order valence-electron chi connectivity index (χ4n) is 2.18. The van der Waals surface area contributed by atoms with Crippen molar-refractivity contribution in [2.45, 2.75) is 11.8 Å². The summed E-state index contributed by atoms with van der Waals surface area (Å²) in [6, 6.07) is 10.7. The summed E-state index contributed by atoms with van der Waals surface area (Å²) in [6.07, 6.45) is 1.18. The largest absolute Gasteiger partial charge is 0.338 e. The fourth-order valence-corrected chi connectivity index (χ4v) is 3.20. The van der Waals surface area contributed by atoms with Gasteiger partial charge in [0.1, 0.15) is 11.3 Å². The molecule has 0 aliphatic rings. The van der Waals surface area contributed by atoms with Crippen molar-refractivity contribution in [2.75, 3.05) is 6.26 Å². The average Bonchev–Trinajstić information content (AvgIpc) is 2.84. The van der Waals surface area contributed by atoms with Crippen LogP contribution in [0.15, 0.2) is 41.3 Å². The van der Waals surface area contributed by atoms with Gasteiger partial charge in [0.15, 0.2) is 9.84 Å². The van der Waals surface area contributed by atoms with E-state index < -0.39 is 9.84 Å². The highest BCUT2D eigenvalue weighted by Crippen LogP contribution is 2.27. The minimum atomic E-state index is -3.32. The van der Waals surface area contributed by atoms with Crippen molar-refractivity contribution in [1.82, 2.24) is 9.97 Å². The van der Waals surface area contributed by atoms with Gasteiger partial charge in [0.25, 0.3) is 0 Å². The Balaban J connectivity index is 2.24. The van der Waals surface area contributed by atoms with Crippen LogP contribution in [0.2, 0.25) is 5.02 Å². The second kappa shape index (κ2) is 4.86. The zero-order chi connectivity index (χ0) is 15.2. The lowest BCUT2D eigenvalue weighted by Crippen LogP contribution is -1.97. The van der Waals surface area contributed by atoms with E-state index in [9.17, 15) is 8.42 Å². The third-order valence-corrected chi connectivity index (χ3v) is 4.86. The smallest absolute Gasteiger partial charge is 0.177 e. The molecule has 0 amide bonds. The van der Waals surface area contributed by atoms with Crippen molar-refractivity contribution in [1.29, 1.82) is 0 Å². The molecular weight excluding hydrogens is 308 g/mol. The van der Waals surface area contributed by atoms with Crippen LogP contribution in [0.25, 0.3) is 22.4 Å². The maximum Gasteiger partial charge on any atom is 0.177 e. The first-order valence-corrected chi connectivity index (χ1v) is 8.58. The minimum absolute atomic E-state index is 0.223. The monoisotopic (exact) mass is 320 g/mol. The van der Waals surface area contributed by atoms with E-state index in [2.05, 4.69) is 9.97 Å². The average molecular weight is 321 g/mol. The predicted octanol–water partition coefficient (Wildman–Crippen LogP) is 3.60. The van der Waals surface area contributed by atoms with Crippen LogP contribution >= 0.6 is 11.6 Å². The van der Waals surface area contributed by atoms with Gasteiger partial charge < -0.3 is 4.98 Å². The van der Waals surface area contributed by atoms with E-state index in [1.54, 1.807) is 18.2 Å². The first-order chi connectivity index (χ1) is 9.86. The molecule has 0 spiro atoms. The third kappa shape index (κ3) is 2.54. The van der Waals surface area contributed by atoms with Crippen molar-refractivity contribution in [3.05, 3.63) is 47.0 Å². The molecule has 21 heavy (non-hydrogen) atoms. The van der Waals surface area contributed by atoms with Crippen molar-refractivity contribution >= 4 is 32.5 Å². The SMILES string of the molecule is Cc1ccc(-c2nc3c(S(C)(=O)=O)cccc3[nH]2)cc1Cl. The third-order valence-electron chi connectivity index (χ3n) is 3.32. The fraction of sp³-hybridized carbons (Fsp3) is 0.133. The van der Waals surface area contributed by atoms with Crippen LogP contribution in [0, 0.1) is 6.92 Å². The van der Waals surface area contributed by atoms with Gasteiger partial charge in [-0.25, -0.2) is 13.4 Å². The topological polar surface area (TPSA) is 62.8 Å². The maximum absolute atomic E-state index is 11.8. The van der Waals surface area contributed by atoms with E-state index in [1.807, 2.05) is 25.1 Å². The Morgan fingerprint density at radius 3 is 2.62 bits per heavy atom. The molecule has 0 radical (unpaired) electrons. The molecule has 3 aromatic rings. The summed E-state index contributed by atoms with van der Waals surface area (Å²) < 4.78 is 23.6. The van der Waals surface area contributed by atoms with Gasteiger partial charge in [-0.05, 0) is 30.7 Å². The Morgan fingerprint density at radius 2 is 1.95 bits per heavy atom. The lowest BCUT2D eigenvalue weighted by atomic mass is 10.1. The molecule has 0 saturated heterocycles. The highest BCUT2D eigenvalue weighted by Gasteiger charge is 2.15. The summed E-state index contributed by atoms with van der Waals surface area (Å²) in [5.41, 5.74) is 2.94. The van der Waals surface area contributed by atoms with E-state index in [4.69, 9.17) is 11.6 Å². The number of hydrogen-bond acceptors (Lipinski definition) is 3. The molecule has 1 N–H and O–H groups in total. The van der Waals surface area contributed by atoms with E-state index in [1.165, 1.54) is 6.26 Å². The Morgan fingerprint density at radius 1 is 1.19 bits per heavy atom. The molecule has 0 saturated carbocycles. The van der Waals surface area contributed by atoms with Gasteiger partial charge in [-0.1, -0.05) is 29.8 Å². The molecule has 0 aliphatic heterocycles. The van der Waals surface area contributed by atoms with Crippen LogP contribution < -0.4 is 0 Å². The summed E-state index contributed by atoms with van der Waals surface area (Å²) >= 11 is 6.13. The van der Waals surface area contributed by atoms with Crippen LogP contribution in [-0.2, 0) is 9.84 Å². The number of rotatable bonds is 2. The van der Waals surface area contributed by atoms with E-state index in [0.29, 0.717) is 21.9 Å². The molecule has 0 bridgehead atoms. The Bertz CT molecular complexity index is 945. The number of fused-ring (bicyclic) bond motifs is 1. The van der Waals surface area contributed by atoms with Gasteiger partial charge in [0.05, 0.1) is 10.4 Å². The summed E-state index contributed by atoms with van der Waals surface area (Å²) in [6.45, 7) is 1.92. The minimum Gasteiger partial charge on any atom is -0.338 e. The number of nitrogens with zero attached hydrogens (tertiary/aromatic N) is 1. The summed E-state index contributed by atoms with van der Waals surface area (Å²) in [5.74, 6) is 0.600. The molecule has 0 unspecified atom stereocenters. The van der Waals surface area contributed by atoms with E-state index in [-0.39, 0.29) is 4.90 Å². The number of benzene rings is 2. The zero-order valence-electron chi connectivity index (χ0n) is 11.5. The van der Waals surface area contributed by atoms with Crippen molar-refractivity contribution in [2.24, 2.45) is 0 Å². The molecule has 2 aromatic carbocycles. The Hall–Kier alpha value is -1.85. The Kier molecular flexibility index (Phi) is 3.26. The highest BCUT2D eigenvalue weighted by atomic mass is 35.5. The lowest BCUT2D eigenvalue weighted by Gasteiger charge is -2.00. The quantitative estimate of drug-likeness (QED) is 0.784. The number of nitrogens with one attached hydrogen (secondary N) is 1. The summed E-state index contributed by atoms with van der Waals surface area (Å²) in [4.78, 5) is 7.79. The highest BCUT2D eigenvalue weighted by molar-refractivity contribution is 7.91. The number of H-pyrrole nitrogens is 1. The number of imidazole rings is 1. The van der Waals surface area contributed by atoms with Crippen LogP contribution in [-0.4, -0.2) is 24.6 Å². The standard InChI is InChI=1S/C15H13ClN2O2S/c1-9-6-7-10(8-11(9)16)15-17-12-4-3-5-13(14(12)18-15)21(2,19)20/h3-8H,1-2H3,(H,17,18). The van der Waals surface area contributed by atoms with Gasteiger partial charge in [0.2, 0.25) is 0 Å². The number of hydrogen-bond donors (Lipinski definition) is 1. The number of para-hydroxylation sites is 1.